The fourth-order valence-electron chi connectivity index (χ4n) is 1.08. The molecule has 0 spiro atoms. The Labute approximate surface area is 114 Å². The third kappa shape index (κ3) is 7.96. The van der Waals surface area contributed by atoms with Crippen LogP contribution in [0.25, 0.3) is 0 Å². The van der Waals surface area contributed by atoms with Crippen LogP contribution in [0.1, 0.15) is 39.5 Å². The van der Waals surface area contributed by atoms with E-state index >= 15 is 0 Å². The highest BCUT2D eigenvalue weighted by Gasteiger charge is 2.06. The minimum absolute atomic E-state index is 0.458. The van der Waals surface area contributed by atoms with E-state index in [9.17, 15) is 4.79 Å². The van der Waals surface area contributed by atoms with Crippen molar-refractivity contribution in [3.05, 3.63) is 47.1 Å². The van der Waals surface area contributed by atoms with Gasteiger partial charge in [-0.15, -0.1) is 0 Å². The van der Waals surface area contributed by atoms with Gasteiger partial charge in [0.2, 0.25) is 0 Å². The molecular formula is C15H22O2S. The maximum absolute atomic E-state index is 10.6. The average molecular weight is 266 g/mol. The minimum Gasteiger partial charge on any atom is -0.465 e. The number of carbonyl (C=O) groups is 1. The summed E-state index contributed by atoms with van der Waals surface area (Å²) in [5.41, 5.74) is 0. The van der Waals surface area contributed by atoms with E-state index in [0.29, 0.717) is 10.7 Å². The second kappa shape index (κ2) is 10.9. The molecule has 0 rings (SSSR count). The van der Waals surface area contributed by atoms with E-state index in [1.165, 1.54) is 11.8 Å². The van der Waals surface area contributed by atoms with E-state index in [2.05, 4.69) is 27.0 Å². The Morgan fingerprint density at radius 3 is 2.44 bits per heavy atom. The first-order valence-corrected chi connectivity index (χ1v) is 7.00. The third-order valence-corrected chi connectivity index (χ3v) is 3.00. The lowest BCUT2D eigenvalue weighted by Gasteiger charge is -2.08. The summed E-state index contributed by atoms with van der Waals surface area (Å²) in [5, 5.41) is 0. The first-order chi connectivity index (χ1) is 8.65. The van der Waals surface area contributed by atoms with Gasteiger partial charge in [0.1, 0.15) is 5.76 Å². The van der Waals surface area contributed by atoms with Crippen LogP contribution in [-0.4, -0.2) is 6.29 Å². The van der Waals surface area contributed by atoms with Gasteiger partial charge in [-0.25, -0.2) is 0 Å². The smallest absolute Gasteiger partial charge is 0.156 e. The predicted octanol–water partition coefficient (Wildman–Crippen LogP) is 4.96. The van der Waals surface area contributed by atoms with E-state index in [1.807, 2.05) is 12.2 Å². The van der Waals surface area contributed by atoms with Crippen molar-refractivity contribution in [1.29, 1.82) is 0 Å². The fraction of sp³-hybridized carbons (Fsp3) is 0.400. The van der Waals surface area contributed by atoms with Crippen LogP contribution in [0.4, 0.5) is 0 Å². The predicted molar refractivity (Wildman–Crippen MR) is 80.1 cm³/mol. The van der Waals surface area contributed by atoms with Crippen LogP contribution in [0.5, 0.6) is 0 Å². The van der Waals surface area contributed by atoms with Crippen LogP contribution in [0, 0.1) is 0 Å². The molecule has 0 fully saturated rings. The highest BCUT2D eigenvalue weighted by Crippen LogP contribution is 2.29. The van der Waals surface area contributed by atoms with Gasteiger partial charge in [0.05, 0.1) is 11.2 Å². The third-order valence-electron chi connectivity index (χ3n) is 2.03. The molecule has 0 saturated carbocycles. The SMILES string of the molecule is C=C(C=O)S/C(=C\CCC)C(=C)O/C=C\CCC. The highest BCUT2D eigenvalue weighted by atomic mass is 32.2. The first-order valence-electron chi connectivity index (χ1n) is 6.18. The van der Waals surface area contributed by atoms with Crippen molar-refractivity contribution in [3.63, 3.8) is 0 Å². The lowest BCUT2D eigenvalue weighted by Crippen LogP contribution is -1.89. The molecule has 0 amide bonds. The number of hydrogen-bond acceptors (Lipinski definition) is 3. The summed E-state index contributed by atoms with van der Waals surface area (Å²) in [5.74, 6) is 0.559. The normalized spacial score (nSPS) is 11.6. The molecule has 0 N–H and O–H groups in total. The standard InChI is InChI=1S/C15H22O2S/c1-5-7-9-11-17-14(4)15(10-8-6-2)18-13(3)12-16/h9-12H,3-8H2,1-2H3/b11-9-,15-10-. The van der Waals surface area contributed by atoms with E-state index in [-0.39, 0.29) is 0 Å². The number of ether oxygens (including phenoxy) is 1. The number of thioether (sulfide) groups is 1. The number of allylic oxidation sites excluding steroid dienone is 3. The van der Waals surface area contributed by atoms with Crippen molar-refractivity contribution in [2.75, 3.05) is 0 Å². The van der Waals surface area contributed by atoms with Gasteiger partial charge in [-0.05, 0) is 18.9 Å². The molecule has 0 aliphatic heterocycles. The van der Waals surface area contributed by atoms with E-state index in [0.717, 1.165) is 36.9 Å². The fourth-order valence-corrected chi connectivity index (χ4v) is 1.77. The van der Waals surface area contributed by atoms with Crippen molar-refractivity contribution in [1.82, 2.24) is 0 Å². The number of hydrogen-bond donors (Lipinski definition) is 0. The summed E-state index contributed by atoms with van der Waals surface area (Å²) in [6.45, 7) is 11.7. The Morgan fingerprint density at radius 1 is 1.22 bits per heavy atom. The Kier molecular flexibility index (Phi) is 10.2. The molecule has 0 aromatic heterocycles. The lowest BCUT2D eigenvalue weighted by atomic mass is 10.3. The van der Waals surface area contributed by atoms with E-state index in [1.54, 1.807) is 6.26 Å². The van der Waals surface area contributed by atoms with Gasteiger partial charge < -0.3 is 4.74 Å². The summed E-state index contributed by atoms with van der Waals surface area (Å²) in [4.78, 5) is 11.9. The summed E-state index contributed by atoms with van der Waals surface area (Å²) >= 11 is 1.30. The number of rotatable bonds is 10. The molecule has 0 aromatic carbocycles. The molecule has 0 aliphatic rings. The Morgan fingerprint density at radius 2 is 1.89 bits per heavy atom. The van der Waals surface area contributed by atoms with Gasteiger partial charge in [0.15, 0.2) is 6.29 Å². The molecule has 0 aromatic rings. The molecule has 2 nitrogen and oxygen atoms in total. The molecule has 0 radical (unpaired) electrons. The zero-order chi connectivity index (χ0) is 13.8. The second-order valence-corrected chi connectivity index (χ2v) is 4.91. The average Bonchev–Trinajstić information content (AvgIpc) is 2.38. The summed E-state index contributed by atoms with van der Waals surface area (Å²) in [7, 11) is 0. The van der Waals surface area contributed by atoms with Crippen LogP contribution in [-0.2, 0) is 9.53 Å². The summed E-state index contributed by atoms with van der Waals surface area (Å²) in [6.07, 6.45) is 10.4. The second-order valence-electron chi connectivity index (χ2n) is 3.74. The molecule has 0 unspecified atom stereocenters. The van der Waals surface area contributed by atoms with Crippen LogP contribution < -0.4 is 0 Å². The summed E-state index contributed by atoms with van der Waals surface area (Å²) < 4.78 is 5.43. The number of unbranched alkanes of at least 4 members (excludes halogenated alkanes) is 2. The molecular weight excluding hydrogens is 244 g/mol. The van der Waals surface area contributed by atoms with Gasteiger partial charge in [-0.2, -0.15) is 0 Å². The Balaban J connectivity index is 4.49. The van der Waals surface area contributed by atoms with Crippen molar-refractivity contribution < 1.29 is 9.53 Å². The number of aldehydes is 1. The monoisotopic (exact) mass is 266 g/mol. The van der Waals surface area contributed by atoms with Gasteiger partial charge in [-0.1, -0.05) is 57.7 Å². The topological polar surface area (TPSA) is 26.3 Å². The molecule has 18 heavy (non-hydrogen) atoms. The Hall–Kier alpha value is -1.22. The highest BCUT2D eigenvalue weighted by molar-refractivity contribution is 8.07. The molecule has 3 heteroatoms. The van der Waals surface area contributed by atoms with Gasteiger partial charge >= 0.3 is 0 Å². The molecule has 0 atom stereocenters. The molecule has 0 heterocycles. The van der Waals surface area contributed by atoms with Crippen LogP contribution in [0.2, 0.25) is 0 Å². The van der Waals surface area contributed by atoms with E-state index < -0.39 is 0 Å². The largest absolute Gasteiger partial charge is 0.465 e. The van der Waals surface area contributed by atoms with Crippen LogP contribution in [0.15, 0.2) is 47.1 Å². The zero-order valence-electron chi connectivity index (χ0n) is 11.3. The van der Waals surface area contributed by atoms with Crippen LogP contribution in [0.3, 0.4) is 0 Å². The van der Waals surface area contributed by atoms with Crippen molar-refractivity contribution in [3.8, 4) is 0 Å². The van der Waals surface area contributed by atoms with Crippen molar-refractivity contribution in [2.45, 2.75) is 39.5 Å². The zero-order valence-corrected chi connectivity index (χ0v) is 12.1. The van der Waals surface area contributed by atoms with Gasteiger partial charge in [0.25, 0.3) is 0 Å². The summed E-state index contributed by atoms with van der Waals surface area (Å²) in [6, 6.07) is 0. The van der Waals surface area contributed by atoms with Crippen LogP contribution >= 0.6 is 11.8 Å². The van der Waals surface area contributed by atoms with E-state index in [4.69, 9.17) is 4.74 Å². The van der Waals surface area contributed by atoms with Gasteiger partial charge in [0, 0.05) is 4.91 Å². The maximum Gasteiger partial charge on any atom is 0.156 e. The lowest BCUT2D eigenvalue weighted by molar-refractivity contribution is -0.104. The molecule has 100 valence electrons. The van der Waals surface area contributed by atoms with Crippen molar-refractivity contribution >= 4 is 18.0 Å². The molecule has 0 aliphatic carbocycles. The molecule has 0 bridgehead atoms. The number of carbonyl (C=O) groups excluding carboxylic acids is 1. The van der Waals surface area contributed by atoms with Crippen molar-refractivity contribution in [2.24, 2.45) is 0 Å². The maximum atomic E-state index is 10.6. The molecule has 0 saturated heterocycles. The quantitative estimate of drug-likeness (QED) is 0.242. The first kappa shape index (κ1) is 16.8. The van der Waals surface area contributed by atoms with Gasteiger partial charge in [-0.3, -0.25) is 4.79 Å². The minimum atomic E-state index is 0.458. The Bertz CT molecular complexity index is 340.